The highest BCUT2D eigenvalue weighted by atomic mass is 16.5. The lowest BCUT2D eigenvalue weighted by atomic mass is 10.1. The highest BCUT2D eigenvalue weighted by molar-refractivity contribution is 5.77. The zero-order valence-electron chi connectivity index (χ0n) is 11.1. The molecule has 0 spiro atoms. The van der Waals surface area contributed by atoms with Gasteiger partial charge in [0.05, 0.1) is 18.8 Å². The Bertz CT molecular complexity index is 762. The summed E-state index contributed by atoms with van der Waals surface area (Å²) in [7, 11) is 1.66. The summed E-state index contributed by atoms with van der Waals surface area (Å²) in [4.78, 5) is 15.2. The van der Waals surface area contributed by atoms with Crippen molar-refractivity contribution in [3.8, 4) is 5.75 Å². The Morgan fingerprint density at radius 2 is 2.20 bits per heavy atom. The third-order valence-electron chi connectivity index (χ3n) is 3.27. The molecule has 2 heterocycles. The maximum atomic E-state index is 10.8. The molecule has 1 aromatic carbocycles. The first kappa shape index (κ1) is 12.4. The molecule has 0 aliphatic carbocycles. The van der Waals surface area contributed by atoms with Crippen LogP contribution < -0.4 is 4.74 Å². The Kier molecular flexibility index (Phi) is 3.21. The predicted octanol–water partition coefficient (Wildman–Crippen LogP) is 2.75. The van der Waals surface area contributed by atoms with Gasteiger partial charge in [0.2, 0.25) is 0 Å². The van der Waals surface area contributed by atoms with Gasteiger partial charge in [-0.05, 0) is 29.8 Å². The van der Waals surface area contributed by atoms with Crippen LogP contribution in [-0.4, -0.2) is 22.8 Å². The number of pyridine rings is 1. The second-order valence-electron chi connectivity index (χ2n) is 4.58. The number of carbonyl (C=O) groups is 1. The van der Waals surface area contributed by atoms with Gasteiger partial charge in [0.15, 0.2) is 0 Å². The molecule has 4 heteroatoms. The van der Waals surface area contributed by atoms with Crippen molar-refractivity contribution >= 4 is 11.8 Å². The lowest BCUT2D eigenvalue weighted by Gasteiger charge is -2.04. The number of hydrogen-bond acceptors (Lipinski definition) is 3. The minimum atomic E-state index is 0.658. The van der Waals surface area contributed by atoms with Gasteiger partial charge in [-0.1, -0.05) is 12.1 Å². The van der Waals surface area contributed by atoms with Crippen LogP contribution in [0, 0.1) is 0 Å². The summed E-state index contributed by atoms with van der Waals surface area (Å²) >= 11 is 0. The Hall–Kier alpha value is -2.62. The number of ether oxygens (including phenoxy) is 1. The first-order chi connectivity index (χ1) is 9.80. The van der Waals surface area contributed by atoms with E-state index in [4.69, 9.17) is 4.74 Å². The standard InChI is InChI=1S/C16H14N2O2/c1-20-15-4-2-3-12(8-15)9-16-17-10-14-7-13(11-19)5-6-18(14)16/h2-8,10-11H,9H2,1H3. The van der Waals surface area contributed by atoms with E-state index in [9.17, 15) is 4.79 Å². The molecule has 0 unspecified atom stereocenters. The molecule has 0 N–H and O–H groups in total. The molecule has 0 amide bonds. The molecule has 0 saturated carbocycles. The zero-order valence-corrected chi connectivity index (χ0v) is 11.1. The number of rotatable bonds is 4. The van der Waals surface area contributed by atoms with Crippen molar-refractivity contribution in [2.75, 3.05) is 7.11 Å². The van der Waals surface area contributed by atoms with Crippen LogP contribution in [0.25, 0.3) is 5.52 Å². The third kappa shape index (κ3) is 2.28. The van der Waals surface area contributed by atoms with Crippen molar-refractivity contribution in [3.63, 3.8) is 0 Å². The molecule has 3 rings (SSSR count). The van der Waals surface area contributed by atoms with Crippen molar-refractivity contribution in [2.45, 2.75) is 6.42 Å². The average molecular weight is 266 g/mol. The van der Waals surface area contributed by atoms with Gasteiger partial charge in [0.25, 0.3) is 0 Å². The van der Waals surface area contributed by atoms with E-state index in [0.717, 1.165) is 28.9 Å². The molecule has 0 aliphatic heterocycles. The van der Waals surface area contributed by atoms with Crippen molar-refractivity contribution in [3.05, 3.63) is 65.7 Å². The second-order valence-corrected chi connectivity index (χ2v) is 4.58. The number of hydrogen-bond donors (Lipinski definition) is 0. The fourth-order valence-electron chi connectivity index (χ4n) is 2.24. The lowest BCUT2D eigenvalue weighted by Crippen LogP contribution is -1.97. The van der Waals surface area contributed by atoms with Gasteiger partial charge in [0, 0.05) is 18.2 Å². The highest BCUT2D eigenvalue weighted by Gasteiger charge is 2.06. The first-order valence-electron chi connectivity index (χ1n) is 6.34. The zero-order chi connectivity index (χ0) is 13.9. The Balaban J connectivity index is 1.96. The fourth-order valence-corrected chi connectivity index (χ4v) is 2.24. The van der Waals surface area contributed by atoms with Crippen molar-refractivity contribution < 1.29 is 9.53 Å². The maximum Gasteiger partial charge on any atom is 0.150 e. The van der Waals surface area contributed by atoms with E-state index in [0.29, 0.717) is 12.0 Å². The van der Waals surface area contributed by atoms with E-state index in [1.807, 2.05) is 40.9 Å². The summed E-state index contributed by atoms with van der Waals surface area (Å²) in [6, 6.07) is 11.5. The molecule has 0 bridgehead atoms. The minimum absolute atomic E-state index is 0.658. The third-order valence-corrected chi connectivity index (χ3v) is 3.27. The molecule has 0 fully saturated rings. The van der Waals surface area contributed by atoms with Gasteiger partial charge in [-0.25, -0.2) is 4.98 Å². The Labute approximate surface area is 116 Å². The molecule has 100 valence electrons. The van der Waals surface area contributed by atoms with Crippen LogP contribution in [-0.2, 0) is 6.42 Å². The first-order valence-corrected chi connectivity index (χ1v) is 6.34. The van der Waals surface area contributed by atoms with Gasteiger partial charge in [-0.15, -0.1) is 0 Å². The molecular weight excluding hydrogens is 252 g/mol. The van der Waals surface area contributed by atoms with Crippen LogP contribution in [0.3, 0.4) is 0 Å². The Morgan fingerprint density at radius 1 is 1.30 bits per heavy atom. The minimum Gasteiger partial charge on any atom is -0.497 e. The maximum absolute atomic E-state index is 10.8. The number of methoxy groups -OCH3 is 1. The van der Waals surface area contributed by atoms with E-state index in [2.05, 4.69) is 4.98 Å². The van der Waals surface area contributed by atoms with Gasteiger partial charge in [0.1, 0.15) is 17.9 Å². The molecule has 0 aliphatic rings. The fraction of sp³-hybridized carbons (Fsp3) is 0.125. The summed E-state index contributed by atoms with van der Waals surface area (Å²) < 4.78 is 7.22. The summed E-state index contributed by atoms with van der Waals surface area (Å²) in [5.41, 5.74) is 2.72. The Morgan fingerprint density at radius 3 is 3.00 bits per heavy atom. The van der Waals surface area contributed by atoms with Gasteiger partial charge < -0.3 is 9.14 Å². The molecule has 4 nitrogen and oxygen atoms in total. The largest absolute Gasteiger partial charge is 0.497 e. The number of fused-ring (bicyclic) bond motifs is 1. The number of benzene rings is 1. The summed E-state index contributed by atoms with van der Waals surface area (Å²) in [5, 5.41) is 0. The van der Waals surface area contributed by atoms with Crippen LogP contribution in [0.1, 0.15) is 21.7 Å². The number of carbonyl (C=O) groups excluding carboxylic acids is 1. The van der Waals surface area contributed by atoms with Gasteiger partial charge in [-0.3, -0.25) is 4.79 Å². The van der Waals surface area contributed by atoms with Crippen molar-refractivity contribution in [1.82, 2.24) is 9.38 Å². The normalized spacial score (nSPS) is 10.7. The molecule has 2 aromatic heterocycles. The van der Waals surface area contributed by atoms with Gasteiger partial charge in [-0.2, -0.15) is 0 Å². The number of aldehydes is 1. The van der Waals surface area contributed by atoms with E-state index in [-0.39, 0.29) is 0 Å². The van der Waals surface area contributed by atoms with Gasteiger partial charge >= 0.3 is 0 Å². The highest BCUT2D eigenvalue weighted by Crippen LogP contribution is 2.17. The summed E-state index contributed by atoms with van der Waals surface area (Å²) in [6.07, 6.45) is 5.21. The SMILES string of the molecule is COc1cccc(Cc2ncc3cc(C=O)ccn23)c1. The monoisotopic (exact) mass is 266 g/mol. The molecule has 0 atom stereocenters. The van der Waals surface area contributed by atoms with Crippen LogP contribution in [0.2, 0.25) is 0 Å². The summed E-state index contributed by atoms with van der Waals surface area (Å²) in [5.74, 6) is 1.78. The van der Waals surface area contributed by atoms with E-state index in [1.165, 1.54) is 0 Å². The van der Waals surface area contributed by atoms with Crippen LogP contribution >= 0.6 is 0 Å². The molecule has 0 radical (unpaired) electrons. The quantitative estimate of drug-likeness (QED) is 0.682. The smallest absolute Gasteiger partial charge is 0.150 e. The second kappa shape index (κ2) is 5.17. The van der Waals surface area contributed by atoms with E-state index < -0.39 is 0 Å². The number of aromatic nitrogens is 2. The molecule has 20 heavy (non-hydrogen) atoms. The lowest BCUT2D eigenvalue weighted by molar-refractivity contribution is 0.112. The van der Waals surface area contributed by atoms with E-state index in [1.54, 1.807) is 19.4 Å². The average Bonchev–Trinajstić information content (AvgIpc) is 2.89. The number of nitrogens with zero attached hydrogens (tertiary/aromatic N) is 2. The predicted molar refractivity (Wildman–Crippen MR) is 76.4 cm³/mol. The van der Waals surface area contributed by atoms with E-state index >= 15 is 0 Å². The van der Waals surface area contributed by atoms with Crippen LogP contribution in [0.5, 0.6) is 5.75 Å². The topological polar surface area (TPSA) is 43.6 Å². The van der Waals surface area contributed by atoms with Crippen LogP contribution in [0.15, 0.2) is 48.8 Å². The number of imidazole rings is 1. The van der Waals surface area contributed by atoms with Crippen LogP contribution in [0.4, 0.5) is 0 Å². The molecular formula is C16H14N2O2. The summed E-state index contributed by atoms with van der Waals surface area (Å²) in [6.45, 7) is 0. The van der Waals surface area contributed by atoms with Crippen molar-refractivity contribution in [2.24, 2.45) is 0 Å². The van der Waals surface area contributed by atoms with Crippen molar-refractivity contribution in [1.29, 1.82) is 0 Å². The molecule has 0 saturated heterocycles. The molecule has 3 aromatic rings.